The van der Waals surface area contributed by atoms with E-state index in [1.165, 1.54) is 0 Å². The lowest BCUT2D eigenvalue weighted by molar-refractivity contribution is -0.171. The number of hydrogen-bond donors (Lipinski definition) is 0. The third-order valence-corrected chi connectivity index (χ3v) is 3.06. The third kappa shape index (κ3) is 5.16. The van der Waals surface area contributed by atoms with E-state index in [-0.39, 0.29) is 24.8 Å². The van der Waals surface area contributed by atoms with Crippen LogP contribution in [0.3, 0.4) is 0 Å². The Labute approximate surface area is 112 Å². The largest absolute Gasteiger partial charge is 0.436 e. The SMILES string of the molecule is O=C(CCCC(=O)OC1CCCO1)OC1CCCO1. The Bertz CT molecular complexity index is 274. The number of rotatable bonds is 6. The fraction of sp³-hybridized carbons (Fsp3) is 0.846. The lowest BCUT2D eigenvalue weighted by atomic mass is 10.2. The number of carbonyl (C=O) groups excluding carboxylic acids is 2. The molecule has 0 aromatic carbocycles. The van der Waals surface area contributed by atoms with Gasteiger partial charge in [-0.2, -0.15) is 0 Å². The van der Waals surface area contributed by atoms with Crippen molar-refractivity contribution in [1.29, 1.82) is 0 Å². The molecule has 19 heavy (non-hydrogen) atoms. The Morgan fingerprint density at radius 1 is 0.895 bits per heavy atom. The van der Waals surface area contributed by atoms with Crippen molar-refractivity contribution in [3.63, 3.8) is 0 Å². The van der Waals surface area contributed by atoms with E-state index >= 15 is 0 Å². The van der Waals surface area contributed by atoms with Gasteiger partial charge in [-0.1, -0.05) is 0 Å². The second-order valence-corrected chi connectivity index (χ2v) is 4.72. The molecule has 0 aliphatic carbocycles. The third-order valence-electron chi connectivity index (χ3n) is 3.06. The minimum Gasteiger partial charge on any atom is -0.436 e. The molecule has 2 fully saturated rings. The maximum absolute atomic E-state index is 11.4. The summed E-state index contributed by atoms with van der Waals surface area (Å²) in [7, 11) is 0. The van der Waals surface area contributed by atoms with Gasteiger partial charge in [-0.05, 0) is 19.3 Å². The van der Waals surface area contributed by atoms with Crippen LogP contribution < -0.4 is 0 Å². The fourth-order valence-electron chi connectivity index (χ4n) is 2.07. The van der Waals surface area contributed by atoms with Crippen LogP contribution in [-0.2, 0) is 28.5 Å². The molecular weight excluding hydrogens is 252 g/mol. The Morgan fingerprint density at radius 3 is 1.74 bits per heavy atom. The molecule has 6 nitrogen and oxygen atoms in total. The molecule has 6 heteroatoms. The first-order valence-electron chi connectivity index (χ1n) is 6.86. The first-order chi connectivity index (χ1) is 9.24. The van der Waals surface area contributed by atoms with Crippen molar-refractivity contribution < 1.29 is 28.5 Å². The van der Waals surface area contributed by atoms with Crippen molar-refractivity contribution in [2.45, 2.75) is 57.5 Å². The van der Waals surface area contributed by atoms with Gasteiger partial charge in [-0.15, -0.1) is 0 Å². The van der Waals surface area contributed by atoms with Crippen molar-refractivity contribution in [2.24, 2.45) is 0 Å². The van der Waals surface area contributed by atoms with Gasteiger partial charge in [0.15, 0.2) is 0 Å². The molecule has 0 saturated carbocycles. The normalized spacial score (nSPS) is 26.3. The first kappa shape index (κ1) is 14.3. The lowest BCUT2D eigenvalue weighted by Crippen LogP contribution is -2.18. The van der Waals surface area contributed by atoms with Gasteiger partial charge < -0.3 is 18.9 Å². The summed E-state index contributed by atoms with van der Waals surface area (Å²) in [4.78, 5) is 22.9. The Balaban J connectivity index is 1.52. The highest BCUT2D eigenvalue weighted by molar-refractivity contribution is 5.72. The molecule has 0 amide bonds. The van der Waals surface area contributed by atoms with Gasteiger partial charge in [0.25, 0.3) is 0 Å². The summed E-state index contributed by atoms with van der Waals surface area (Å²) >= 11 is 0. The van der Waals surface area contributed by atoms with Gasteiger partial charge in [0, 0.05) is 25.7 Å². The summed E-state index contributed by atoms with van der Waals surface area (Å²) in [5.74, 6) is -0.645. The molecule has 2 heterocycles. The van der Waals surface area contributed by atoms with Crippen LogP contribution in [0.4, 0.5) is 0 Å². The molecule has 0 aromatic rings. The van der Waals surface area contributed by atoms with Crippen LogP contribution in [0.25, 0.3) is 0 Å². The van der Waals surface area contributed by atoms with Crippen LogP contribution in [-0.4, -0.2) is 37.7 Å². The monoisotopic (exact) mass is 272 g/mol. The number of carbonyl (C=O) groups is 2. The Hall–Kier alpha value is -1.14. The second-order valence-electron chi connectivity index (χ2n) is 4.72. The van der Waals surface area contributed by atoms with E-state index in [1.54, 1.807) is 0 Å². The van der Waals surface area contributed by atoms with E-state index in [0.29, 0.717) is 19.6 Å². The van der Waals surface area contributed by atoms with Crippen LogP contribution in [0.1, 0.15) is 44.9 Å². The van der Waals surface area contributed by atoms with Crippen LogP contribution >= 0.6 is 0 Å². The van der Waals surface area contributed by atoms with Crippen molar-refractivity contribution >= 4 is 11.9 Å². The smallest absolute Gasteiger partial charge is 0.308 e. The molecule has 2 aliphatic rings. The predicted octanol–water partition coefficient (Wildman–Crippen LogP) is 1.52. The maximum Gasteiger partial charge on any atom is 0.308 e. The molecular formula is C13H20O6. The van der Waals surface area contributed by atoms with Gasteiger partial charge in [0.2, 0.25) is 12.6 Å². The van der Waals surface area contributed by atoms with Crippen LogP contribution in [0.2, 0.25) is 0 Å². The molecule has 2 unspecified atom stereocenters. The number of ether oxygens (including phenoxy) is 4. The van der Waals surface area contributed by atoms with Gasteiger partial charge in [0.1, 0.15) is 0 Å². The summed E-state index contributed by atoms with van der Waals surface area (Å²) in [5.41, 5.74) is 0. The zero-order chi connectivity index (χ0) is 13.5. The average molecular weight is 272 g/mol. The summed E-state index contributed by atoms with van der Waals surface area (Å²) in [6, 6.07) is 0. The number of esters is 2. The zero-order valence-electron chi connectivity index (χ0n) is 11.0. The van der Waals surface area contributed by atoms with Crippen molar-refractivity contribution in [1.82, 2.24) is 0 Å². The molecule has 2 rings (SSSR count). The highest BCUT2D eigenvalue weighted by Crippen LogP contribution is 2.16. The quantitative estimate of drug-likeness (QED) is 0.683. The summed E-state index contributed by atoms with van der Waals surface area (Å²) in [6.07, 6.45) is 3.41. The van der Waals surface area contributed by atoms with E-state index in [9.17, 15) is 9.59 Å². The maximum atomic E-state index is 11.4. The minimum absolute atomic E-state index is 0.209. The molecule has 0 aromatic heterocycles. The highest BCUT2D eigenvalue weighted by atomic mass is 16.7. The fourth-order valence-corrected chi connectivity index (χ4v) is 2.07. The van der Waals surface area contributed by atoms with Gasteiger partial charge in [-0.25, -0.2) is 0 Å². The minimum atomic E-state index is -0.397. The molecule has 108 valence electrons. The summed E-state index contributed by atoms with van der Waals surface area (Å²) in [5, 5.41) is 0. The van der Waals surface area contributed by atoms with Crippen LogP contribution in [0.15, 0.2) is 0 Å². The Morgan fingerprint density at radius 2 is 1.37 bits per heavy atom. The lowest BCUT2D eigenvalue weighted by Gasteiger charge is -2.12. The van der Waals surface area contributed by atoms with E-state index in [0.717, 1.165) is 25.7 Å². The average Bonchev–Trinajstić information content (AvgIpc) is 3.02. The standard InChI is InChI=1S/C13H20O6/c14-10(18-12-6-2-8-16-12)4-1-5-11(15)19-13-7-3-9-17-13/h12-13H,1-9H2. The molecule has 2 saturated heterocycles. The Kier molecular flexibility index (Phi) is 5.60. The van der Waals surface area contributed by atoms with Gasteiger partial charge in [-0.3, -0.25) is 9.59 Å². The molecule has 0 radical (unpaired) electrons. The van der Waals surface area contributed by atoms with Crippen molar-refractivity contribution in [3.05, 3.63) is 0 Å². The van der Waals surface area contributed by atoms with E-state index in [4.69, 9.17) is 18.9 Å². The number of hydrogen-bond acceptors (Lipinski definition) is 6. The van der Waals surface area contributed by atoms with Crippen molar-refractivity contribution in [3.8, 4) is 0 Å². The molecule has 0 N–H and O–H groups in total. The predicted molar refractivity (Wildman–Crippen MR) is 64.0 cm³/mol. The molecule has 2 aliphatic heterocycles. The zero-order valence-corrected chi connectivity index (χ0v) is 11.0. The van der Waals surface area contributed by atoms with Gasteiger partial charge >= 0.3 is 11.9 Å². The first-order valence-corrected chi connectivity index (χ1v) is 6.86. The molecule has 2 atom stereocenters. The van der Waals surface area contributed by atoms with Crippen LogP contribution in [0.5, 0.6) is 0 Å². The topological polar surface area (TPSA) is 71.1 Å². The molecule has 0 bridgehead atoms. The van der Waals surface area contributed by atoms with E-state index in [1.807, 2.05) is 0 Å². The van der Waals surface area contributed by atoms with Crippen molar-refractivity contribution in [2.75, 3.05) is 13.2 Å². The van der Waals surface area contributed by atoms with Crippen LogP contribution in [0, 0.1) is 0 Å². The summed E-state index contributed by atoms with van der Waals surface area (Å²) < 4.78 is 20.6. The van der Waals surface area contributed by atoms with E-state index < -0.39 is 12.6 Å². The second kappa shape index (κ2) is 7.45. The van der Waals surface area contributed by atoms with E-state index in [2.05, 4.69) is 0 Å². The molecule has 0 spiro atoms. The highest BCUT2D eigenvalue weighted by Gasteiger charge is 2.21. The van der Waals surface area contributed by atoms with Gasteiger partial charge in [0.05, 0.1) is 13.2 Å². The summed E-state index contributed by atoms with van der Waals surface area (Å²) in [6.45, 7) is 1.29.